The van der Waals surface area contributed by atoms with Gasteiger partial charge in [-0.05, 0) is 26.0 Å². The Morgan fingerprint density at radius 2 is 2.17 bits per heavy atom. The van der Waals surface area contributed by atoms with Crippen molar-refractivity contribution in [2.45, 2.75) is 26.3 Å². The molecule has 1 amide bonds. The van der Waals surface area contributed by atoms with Crippen molar-refractivity contribution in [1.29, 1.82) is 0 Å². The van der Waals surface area contributed by atoms with Gasteiger partial charge in [0.05, 0.1) is 49.9 Å². The Balaban J connectivity index is 1.66. The first-order valence-corrected chi connectivity index (χ1v) is 9.55. The lowest BCUT2D eigenvalue weighted by atomic mass is 10.0. The van der Waals surface area contributed by atoms with Crippen LogP contribution in [0.4, 0.5) is 0 Å². The molecule has 0 saturated carbocycles. The number of carbonyl (C=O) groups excluding carboxylic acids is 1. The third-order valence-electron chi connectivity index (χ3n) is 5.25. The van der Waals surface area contributed by atoms with Crippen LogP contribution < -0.4 is 4.74 Å². The molecular weight excluding hydrogens is 372 g/mol. The van der Waals surface area contributed by atoms with E-state index >= 15 is 0 Å². The van der Waals surface area contributed by atoms with Crippen LogP contribution in [0.3, 0.4) is 0 Å². The first-order valence-electron chi connectivity index (χ1n) is 9.55. The number of hydrogen-bond acceptors (Lipinski definition) is 6. The maximum absolute atomic E-state index is 13.0. The Morgan fingerprint density at radius 1 is 1.31 bits per heavy atom. The van der Waals surface area contributed by atoms with Gasteiger partial charge in [0.2, 0.25) is 5.91 Å². The van der Waals surface area contributed by atoms with Gasteiger partial charge in [0.1, 0.15) is 12.0 Å². The summed E-state index contributed by atoms with van der Waals surface area (Å²) in [4.78, 5) is 14.8. The van der Waals surface area contributed by atoms with Gasteiger partial charge in [-0.3, -0.25) is 4.79 Å². The van der Waals surface area contributed by atoms with Crippen LogP contribution in [-0.2, 0) is 16.0 Å². The third kappa shape index (κ3) is 3.75. The van der Waals surface area contributed by atoms with Crippen molar-refractivity contribution < 1.29 is 18.8 Å². The Morgan fingerprint density at radius 3 is 2.93 bits per heavy atom. The SMILES string of the molecule is COc1cccc(-n2nc(C)c([C@@H]3COCCN3C(=O)Cc3ccon3)c2C)c1. The molecule has 0 radical (unpaired) electrons. The third-order valence-corrected chi connectivity index (χ3v) is 5.25. The number of nitrogens with zero attached hydrogens (tertiary/aromatic N) is 4. The smallest absolute Gasteiger partial charge is 0.229 e. The first-order chi connectivity index (χ1) is 14.1. The second-order valence-electron chi connectivity index (χ2n) is 7.04. The molecular formula is C21H24N4O4. The average molecular weight is 396 g/mol. The van der Waals surface area contributed by atoms with Crippen LogP contribution in [0.2, 0.25) is 0 Å². The number of aryl methyl sites for hydroxylation is 1. The summed E-state index contributed by atoms with van der Waals surface area (Å²) in [5.74, 6) is 0.766. The first kappa shape index (κ1) is 19.2. The summed E-state index contributed by atoms with van der Waals surface area (Å²) >= 11 is 0. The summed E-state index contributed by atoms with van der Waals surface area (Å²) in [5, 5.41) is 8.60. The molecule has 1 aromatic carbocycles. The molecule has 0 unspecified atom stereocenters. The fourth-order valence-electron chi connectivity index (χ4n) is 3.86. The molecule has 152 valence electrons. The van der Waals surface area contributed by atoms with Crippen molar-refractivity contribution in [1.82, 2.24) is 19.8 Å². The van der Waals surface area contributed by atoms with Gasteiger partial charge in [-0.2, -0.15) is 5.10 Å². The van der Waals surface area contributed by atoms with E-state index in [0.29, 0.717) is 25.5 Å². The summed E-state index contributed by atoms with van der Waals surface area (Å²) in [6, 6.07) is 9.27. The van der Waals surface area contributed by atoms with E-state index in [0.717, 1.165) is 28.4 Å². The van der Waals surface area contributed by atoms with Gasteiger partial charge in [-0.25, -0.2) is 4.68 Å². The lowest BCUT2D eigenvalue weighted by Crippen LogP contribution is -2.44. The maximum atomic E-state index is 13.0. The fraction of sp³-hybridized carbons (Fsp3) is 0.381. The Kier molecular flexibility index (Phi) is 5.35. The minimum atomic E-state index is -0.192. The number of methoxy groups -OCH3 is 1. The van der Waals surface area contributed by atoms with Gasteiger partial charge in [0.25, 0.3) is 0 Å². The average Bonchev–Trinajstić information content (AvgIpc) is 3.35. The van der Waals surface area contributed by atoms with Crippen molar-refractivity contribution in [2.24, 2.45) is 0 Å². The van der Waals surface area contributed by atoms with Crippen molar-refractivity contribution in [3.05, 3.63) is 59.2 Å². The topological polar surface area (TPSA) is 82.6 Å². The Labute approximate surface area is 169 Å². The van der Waals surface area contributed by atoms with Crippen molar-refractivity contribution in [2.75, 3.05) is 26.9 Å². The highest BCUT2D eigenvalue weighted by Gasteiger charge is 2.33. The normalized spacial score (nSPS) is 16.8. The quantitative estimate of drug-likeness (QED) is 0.659. The number of morpholine rings is 1. The molecule has 29 heavy (non-hydrogen) atoms. The zero-order chi connectivity index (χ0) is 20.4. The highest BCUT2D eigenvalue weighted by molar-refractivity contribution is 5.79. The fourth-order valence-corrected chi connectivity index (χ4v) is 3.86. The Bertz CT molecular complexity index is 996. The largest absolute Gasteiger partial charge is 0.497 e. The minimum Gasteiger partial charge on any atom is -0.497 e. The predicted molar refractivity (Wildman–Crippen MR) is 105 cm³/mol. The van der Waals surface area contributed by atoms with E-state index in [4.69, 9.17) is 19.1 Å². The van der Waals surface area contributed by atoms with Gasteiger partial charge < -0.3 is 18.9 Å². The standard InChI is InChI=1S/C21H24N4O4/c1-14-21(15(2)25(22-14)17-5-4-6-18(12-17)27-3)19-13-28-10-8-24(19)20(26)11-16-7-9-29-23-16/h4-7,9,12,19H,8,10-11,13H2,1-3H3/t19-/m0/s1. The highest BCUT2D eigenvalue weighted by Crippen LogP contribution is 2.31. The molecule has 3 aromatic rings. The van der Waals surface area contributed by atoms with E-state index in [1.807, 2.05) is 47.7 Å². The van der Waals surface area contributed by atoms with Crippen LogP contribution in [0.25, 0.3) is 5.69 Å². The van der Waals surface area contributed by atoms with E-state index in [2.05, 4.69) is 5.16 Å². The summed E-state index contributed by atoms with van der Waals surface area (Å²) in [5.41, 5.74) is 4.40. The molecule has 1 saturated heterocycles. The molecule has 1 fully saturated rings. The molecule has 0 spiro atoms. The maximum Gasteiger partial charge on any atom is 0.229 e. The van der Waals surface area contributed by atoms with Gasteiger partial charge in [-0.15, -0.1) is 0 Å². The molecule has 8 nitrogen and oxygen atoms in total. The zero-order valence-corrected chi connectivity index (χ0v) is 16.8. The predicted octanol–water partition coefficient (Wildman–Crippen LogP) is 2.63. The van der Waals surface area contributed by atoms with Crippen LogP contribution in [0, 0.1) is 13.8 Å². The number of hydrogen-bond donors (Lipinski definition) is 0. The summed E-state index contributed by atoms with van der Waals surface area (Å²) in [7, 11) is 1.64. The highest BCUT2D eigenvalue weighted by atomic mass is 16.5. The molecule has 8 heteroatoms. The van der Waals surface area contributed by atoms with Crippen LogP contribution in [0.5, 0.6) is 5.75 Å². The molecule has 1 aliphatic rings. The zero-order valence-electron chi connectivity index (χ0n) is 16.8. The van der Waals surface area contributed by atoms with Crippen molar-refractivity contribution in [3.8, 4) is 11.4 Å². The number of ether oxygens (including phenoxy) is 2. The van der Waals surface area contributed by atoms with Crippen LogP contribution in [0.1, 0.15) is 28.7 Å². The van der Waals surface area contributed by atoms with Crippen LogP contribution in [0.15, 0.2) is 41.1 Å². The van der Waals surface area contributed by atoms with Gasteiger partial charge in [-0.1, -0.05) is 11.2 Å². The lowest BCUT2D eigenvalue weighted by Gasteiger charge is -2.36. The molecule has 4 rings (SSSR count). The number of aromatic nitrogens is 3. The van der Waals surface area contributed by atoms with E-state index in [9.17, 15) is 4.79 Å². The van der Waals surface area contributed by atoms with Crippen LogP contribution in [-0.4, -0.2) is 52.6 Å². The molecule has 0 N–H and O–H groups in total. The van der Waals surface area contributed by atoms with Gasteiger partial charge >= 0.3 is 0 Å². The van der Waals surface area contributed by atoms with E-state index in [1.54, 1.807) is 13.2 Å². The van der Waals surface area contributed by atoms with Crippen molar-refractivity contribution in [3.63, 3.8) is 0 Å². The summed E-state index contributed by atoms with van der Waals surface area (Å²) in [6.45, 7) is 5.47. The number of rotatable bonds is 5. The van der Waals surface area contributed by atoms with E-state index in [1.165, 1.54) is 6.26 Å². The van der Waals surface area contributed by atoms with E-state index < -0.39 is 0 Å². The van der Waals surface area contributed by atoms with Gasteiger partial charge in [0.15, 0.2) is 0 Å². The lowest BCUT2D eigenvalue weighted by molar-refractivity contribution is -0.139. The summed E-state index contributed by atoms with van der Waals surface area (Å²) in [6.07, 6.45) is 1.68. The minimum absolute atomic E-state index is 0.000121. The van der Waals surface area contributed by atoms with Crippen LogP contribution >= 0.6 is 0 Å². The second-order valence-corrected chi connectivity index (χ2v) is 7.04. The van der Waals surface area contributed by atoms with E-state index in [-0.39, 0.29) is 18.4 Å². The van der Waals surface area contributed by atoms with Gasteiger partial charge in [0, 0.05) is 29.9 Å². The molecule has 3 heterocycles. The second kappa shape index (κ2) is 8.08. The molecule has 2 aromatic heterocycles. The Hall–Kier alpha value is -3.13. The number of benzene rings is 1. The monoisotopic (exact) mass is 396 g/mol. The summed E-state index contributed by atoms with van der Waals surface area (Å²) < 4.78 is 17.8. The molecule has 0 bridgehead atoms. The molecule has 1 aliphatic heterocycles. The molecule has 1 atom stereocenters. The molecule has 0 aliphatic carbocycles. The number of carbonyl (C=O) groups is 1. The van der Waals surface area contributed by atoms with Crippen molar-refractivity contribution >= 4 is 5.91 Å². The number of amides is 1.